The van der Waals surface area contributed by atoms with E-state index in [0.29, 0.717) is 36.0 Å². The normalized spacial score (nSPS) is 18.1. The lowest BCUT2D eigenvalue weighted by Gasteiger charge is -2.34. The Morgan fingerprint density at radius 2 is 1.85 bits per heavy atom. The maximum absolute atomic E-state index is 13.9. The molecule has 0 spiro atoms. The van der Waals surface area contributed by atoms with Crippen LogP contribution in [-0.4, -0.2) is 61.6 Å². The van der Waals surface area contributed by atoms with Crippen molar-refractivity contribution in [1.82, 2.24) is 19.8 Å². The summed E-state index contributed by atoms with van der Waals surface area (Å²) in [5.74, 6) is -0.828. The van der Waals surface area contributed by atoms with Gasteiger partial charge in [0.05, 0.1) is 12.6 Å². The van der Waals surface area contributed by atoms with Gasteiger partial charge in [-0.15, -0.1) is 0 Å². The highest BCUT2D eigenvalue weighted by Gasteiger charge is 2.43. The second-order valence-corrected chi connectivity index (χ2v) is 10.9. The van der Waals surface area contributed by atoms with Crippen molar-refractivity contribution in [2.75, 3.05) is 7.05 Å². The first-order chi connectivity index (χ1) is 18.5. The molecule has 4 rings (SSSR count). The molecule has 1 fully saturated rings. The van der Waals surface area contributed by atoms with Gasteiger partial charge in [0.2, 0.25) is 5.95 Å². The fourth-order valence-electron chi connectivity index (χ4n) is 4.94. The van der Waals surface area contributed by atoms with E-state index in [2.05, 4.69) is 9.97 Å². The molecule has 1 aliphatic heterocycles. The van der Waals surface area contributed by atoms with Crippen LogP contribution in [-0.2, 0) is 17.7 Å². The highest BCUT2D eigenvalue weighted by Crippen LogP contribution is 2.35. The lowest BCUT2D eigenvalue weighted by Crippen LogP contribution is -2.47. The molecule has 206 valence electrons. The molecule has 0 aliphatic carbocycles. The minimum Gasteiger partial charge on any atom is -0.444 e. The van der Waals surface area contributed by atoms with Crippen molar-refractivity contribution in [2.45, 2.75) is 70.4 Å². The topological polar surface area (TPSA) is 95.9 Å². The van der Waals surface area contributed by atoms with E-state index in [-0.39, 0.29) is 18.5 Å². The number of aromatic nitrogens is 2. The Bertz CT molecular complexity index is 1280. The molecule has 1 saturated heterocycles. The summed E-state index contributed by atoms with van der Waals surface area (Å²) in [7, 11) is 1.62. The summed E-state index contributed by atoms with van der Waals surface area (Å²) in [6, 6.07) is 13.4. The first kappa shape index (κ1) is 28.2. The van der Waals surface area contributed by atoms with Crippen LogP contribution in [0.4, 0.5) is 9.18 Å². The van der Waals surface area contributed by atoms with Crippen molar-refractivity contribution < 1.29 is 23.8 Å². The number of hydrogen-bond acceptors (Lipinski definition) is 6. The van der Waals surface area contributed by atoms with Crippen LogP contribution < -0.4 is 0 Å². The van der Waals surface area contributed by atoms with Crippen LogP contribution in [0.2, 0.25) is 0 Å². The number of carbonyl (C=O) groups is 2. The smallest absolute Gasteiger partial charge is 0.410 e. The summed E-state index contributed by atoms with van der Waals surface area (Å²) >= 11 is 0. The molecule has 9 heteroatoms. The molecular formula is C30H35FN4O4. The van der Waals surface area contributed by atoms with Crippen molar-refractivity contribution in [1.29, 1.82) is 0 Å². The number of pyridine rings is 2. The monoisotopic (exact) mass is 534 g/mol. The number of ether oxygens (including phenoxy) is 1. The van der Waals surface area contributed by atoms with E-state index in [1.165, 1.54) is 11.1 Å². The molecule has 8 nitrogen and oxygen atoms in total. The van der Waals surface area contributed by atoms with Crippen LogP contribution in [0.3, 0.4) is 0 Å². The summed E-state index contributed by atoms with van der Waals surface area (Å²) in [5.41, 5.74) is 1.74. The van der Waals surface area contributed by atoms with Crippen molar-refractivity contribution in [2.24, 2.45) is 0 Å². The van der Waals surface area contributed by atoms with E-state index < -0.39 is 29.8 Å². The molecule has 0 bridgehead atoms. The zero-order valence-electron chi connectivity index (χ0n) is 22.8. The van der Waals surface area contributed by atoms with E-state index in [4.69, 9.17) is 4.74 Å². The Balaban J connectivity index is 1.48. The van der Waals surface area contributed by atoms with Gasteiger partial charge in [-0.1, -0.05) is 24.3 Å². The number of hydrogen-bond donors (Lipinski definition) is 1. The Kier molecular flexibility index (Phi) is 8.60. The van der Waals surface area contributed by atoms with Crippen LogP contribution in [0, 0.1) is 5.95 Å². The summed E-state index contributed by atoms with van der Waals surface area (Å²) < 4.78 is 19.6. The zero-order valence-corrected chi connectivity index (χ0v) is 22.8. The number of carbonyl (C=O) groups excluding carboxylic acids is 2. The highest BCUT2D eigenvalue weighted by atomic mass is 19.1. The summed E-state index contributed by atoms with van der Waals surface area (Å²) in [5, 5.41) is 11.1. The molecule has 3 aromatic rings. The number of aliphatic hydroxyl groups is 1. The minimum absolute atomic E-state index is 0.105. The molecule has 3 heterocycles. The number of amides is 2. The zero-order chi connectivity index (χ0) is 28.2. The van der Waals surface area contributed by atoms with Gasteiger partial charge in [-0.25, -0.2) is 9.78 Å². The predicted molar refractivity (Wildman–Crippen MR) is 144 cm³/mol. The van der Waals surface area contributed by atoms with E-state index in [9.17, 15) is 19.1 Å². The third-order valence-corrected chi connectivity index (χ3v) is 6.80. The number of halogens is 1. The van der Waals surface area contributed by atoms with Crippen LogP contribution in [0.5, 0.6) is 0 Å². The van der Waals surface area contributed by atoms with Gasteiger partial charge < -0.3 is 14.7 Å². The Morgan fingerprint density at radius 1 is 1.13 bits per heavy atom. The van der Waals surface area contributed by atoms with Gasteiger partial charge in [-0.05, 0) is 69.9 Å². The number of rotatable bonds is 7. The molecule has 0 saturated carbocycles. The third kappa shape index (κ3) is 6.97. The van der Waals surface area contributed by atoms with Crippen LogP contribution in [0.1, 0.15) is 66.8 Å². The van der Waals surface area contributed by atoms with Gasteiger partial charge in [0.15, 0.2) is 0 Å². The summed E-state index contributed by atoms with van der Waals surface area (Å²) in [6.45, 7) is 5.56. The standard InChI is InChI=1S/C30H35FN4O4/c1-30(2,3)39-29(38)35-24(13-14-25(35)26(36)22-7-5-15-32-18-22)17-20-9-11-21(12-10-20)28(37)34(4)19-23-8-6-16-33-27(23)31/h5-12,15-16,18,24-26,36H,13-14,17,19H2,1-4H3/t24-,25+,26+/m0/s1. The van der Waals surface area contributed by atoms with Crippen molar-refractivity contribution in [3.05, 3.63) is 95.3 Å². The van der Waals surface area contributed by atoms with E-state index >= 15 is 0 Å². The van der Waals surface area contributed by atoms with E-state index in [1.807, 2.05) is 32.9 Å². The second kappa shape index (κ2) is 11.9. The molecule has 3 atom stereocenters. The average molecular weight is 535 g/mol. The average Bonchev–Trinajstić information content (AvgIpc) is 3.32. The fraction of sp³-hybridized carbons (Fsp3) is 0.400. The second-order valence-electron chi connectivity index (χ2n) is 10.9. The SMILES string of the molecule is CN(Cc1cccnc1F)C(=O)c1ccc(C[C@@H]2CC[C@H]([C@H](O)c3cccnc3)N2C(=O)OC(C)(C)C)cc1. The molecule has 1 N–H and O–H groups in total. The number of likely N-dealkylation sites (tertiary alicyclic amines) is 1. The van der Waals surface area contributed by atoms with Crippen LogP contribution in [0.25, 0.3) is 0 Å². The molecule has 39 heavy (non-hydrogen) atoms. The van der Waals surface area contributed by atoms with Gasteiger partial charge >= 0.3 is 6.09 Å². The molecule has 1 aromatic carbocycles. The molecule has 0 radical (unpaired) electrons. The third-order valence-electron chi connectivity index (χ3n) is 6.80. The lowest BCUT2D eigenvalue weighted by molar-refractivity contribution is -0.00458. The largest absolute Gasteiger partial charge is 0.444 e. The van der Waals surface area contributed by atoms with Gasteiger partial charge in [0.1, 0.15) is 11.7 Å². The fourth-order valence-corrected chi connectivity index (χ4v) is 4.94. The quantitative estimate of drug-likeness (QED) is 0.432. The van der Waals surface area contributed by atoms with Crippen LogP contribution in [0.15, 0.2) is 67.1 Å². The van der Waals surface area contributed by atoms with Crippen molar-refractivity contribution >= 4 is 12.0 Å². The highest BCUT2D eigenvalue weighted by molar-refractivity contribution is 5.94. The molecule has 2 aromatic heterocycles. The van der Waals surface area contributed by atoms with E-state index in [1.54, 1.807) is 60.7 Å². The molecule has 0 unspecified atom stereocenters. The molecular weight excluding hydrogens is 499 g/mol. The Morgan fingerprint density at radius 3 is 2.49 bits per heavy atom. The van der Waals surface area contributed by atoms with E-state index in [0.717, 1.165) is 5.56 Å². The Labute approximate surface area is 228 Å². The Hall–Kier alpha value is -3.85. The van der Waals surface area contributed by atoms with Gasteiger partial charge in [-0.2, -0.15) is 4.39 Å². The maximum atomic E-state index is 13.9. The summed E-state index contributed by atoms with van der Waals surface area (Å²) in [4.78, 5) is 37.1. The predicted octanol–water partition coefficient (Wildman–Crippen LogP) is 4.93. The van der Waals surface area contributed by atoms with Gasteiger partial charge in [0, 0.05) is 48.4 Å². The number of aliphatic hydroxyl groups excluding tert-OH is 1. The van der Waals surface area contributed by atoms with Crippen molar-refractivity contribution in [3.63, 3.8) is 0 Å². The number of benzene rings is 1. The molecule has 1 aliphatic rings. The lowest BCUT2D eigenvalue weighted by atomic mass is 10.0. The van der Waals surface area contributed by atoms with Crippen molar-refractivity contribution in [3.8, 4) is 0 Å². The first-order valence-corrected chi connectivity index (χ1v) is 13.1. The first-order valence-electron chi connectivity index (χ1n) is 13.1. The van der Waals surface area contributed by atoms with Gasteiger partial charge in [-0.3, -0.25) is 14.7 Å². The maximum Gasteiger partial charge on any atom is 0.410 e. The minimum atomic E-state index is -0.892. The van der Waals surface area contributed by atoms with Gasteiger partial charge in [0.25, 0.3) is 5.91 Å². The van der Waals surface area contributed by atoms with Crippen LogP contribution >= 0.6 is 0 Å². The molecule has 2 amide bonds. The summed E-state index contributed by atoms with van der Waals surface area (Å²) in [6.07, 6.45) is 5.12. The number of nitrogens with zero attached hydrogens (tertiary/aromatic N) is 4.